The van der Waals surface area contributed by atoms with Gasteiger partial charge < -0.3 is 30.3 Å². The van der Waals surface area contributed by atoms with Crippen molar-refractivity contribution in [3.8, 4) is 28.7 Å². The van der Waals surface area contributed by atoms with Crippen LogP contribution in [-0.2, 0) is 52.1 Å². The molecule has 7 heteroatoms. The Morgan fingerprint density at radius 1 is 0.417 bits per heavy atom. The topological polar surface area (TPSA) is 127 Å². The molecule has 60 heavy (non-hydrogen) atoms. The summed E-state index contributed by atoms with van der Waals surface area (Å²) >= 11 is 0. The quantitative estimate of drug-likeness (QED) is 0.0888. The van der Waals surface area contributed by atoms with Crippen LogP contribution in [0.5, 0.6) is 28.7 Å². The van der Waals surface area contributed by atoms with Crippen molar-refractivity contribution in [2.75, 3.05) is 6.61 Å². The van der Waals surface area contributed by atoms with Gasteiger partial charge in [-0.25, -0.2) is 4.79 Å². The van der Waals surface area contributed by atoms with E-state index in [4.69, 9.17) is 4.74 Å². The van der Waals surface area contributed by atoms with Gasteiger partial charge >= 0.3 is 5.97 Å². The number of phenolic OH excluding ortho intramolecular Hbond substituents is 5. The minimum Gasteiger partial charge on any atom is -0.508 e. The highest BCUT2D eigenvalue weighted by Gasteiger charge is 2.26. The molecular formula is C53H66O7. The number of rotatable bonds is 10. The van der Waals surface area contributed by atoms with Crippen molar-refractivity contribution in [1.29, 1.82) is 0 Å². The fourth-order valence-corrected chi connectivity index (χ4v) is 7.49. The highest BCUT2D eigenvalue weighted by molar-refractivity contribution is 5.90. The molecule has 0 aliphatic heterocycles. The van der Waals surface area contributed by atoms with Crippen LogP contribution in [0.3, 0.4) is 0 Å². The summed E-state index contributed by atoms with van der Waals surface area (Å²) in [5.74, 6) is -0.191. The van der Waals surface area contributed by atoms with Gasteiger partial charge in [-0.1, -0.05) is 132 Å². The first-order valence-corrected chi connectivity index (χ1v) is 21.0. The Balaban J connectivity index is 1.64. The Bertz CT molecular complexity index is 2390. The second kappa shape index (κ2) is 16.9. The second-order valence-corrected chi connectivity index (χ2v) is 20.5. The molecular weight excluding hydrogens is 749 g/mol. The van der Waals surface area contributed by atoms with Gasteiger partial charge in [-0.3, -0.25) is 0 Å². The molecule has 0 bridgehead atoms. The van der Waals surface area contributed by atoms with Crippen LogP contribution < -0.4 is 0 Å². The Morgan fingerprint density at radius 2 is 0.683 bits per heavy atom. The van der Waals surface area contributed by atoms with Crippen molar-refractivity contribution in [3.05, 3.63) is 145 Å². The lowest BCUT2D eigenvalue weighted by molar-refractivity contribution is 0.0526. The molecule has 5 rings (SSSR count). The lowest BCUT2D eigenvalue weighted by atomic mass is 9.81. The van der Waals surface area contributed by atoms with E-state index in [1.54, 1.807) is 31.2 Å². The molecule has 5 aromatic rings. The van der Waals surface area contributed by atoms with E-state index >= 15 is 0 Å². The molecule has 0 saturated heterocycles. The predicted octanol–water partition coefficient (Wildman–Crippen LogP) is 11.9. The van der Waals surface area contributed by atoms with Gasteiger partial charge in [-0.15, -0.1) is 0 Å². The van der Waals surface area contributed by atoms with Crippen molar-refractivity contribution in [1.82, 2.24) is 0 Å². The largest absolute Gasteiger partial charge is 0.508 e. The van der Waals surface area contributed by atoms with Crippen LogP contribution in [-0.4, -0.2) is 38.1 Å². The summed E-state index contributed by atoms with van der Waals surface area (Å²) < 4.78 is 5.40. The molecule has 0 unspecified atom stereocenters. The summed E-state index contributed by atoms with van der Waals surface area (Å²) in [5, 5.41) is 57.9. The van der Waals surface area contributed by atoms with Crippen molar-refractivity contribution in [2.24, 2.45) is 0 Å². The van der Waals surface area contributed by atoms with Crippen LogP contribution in [0.25, 0.3) is 0 Å². The summed E-state index contributed by atoms with van der Waals surface area (Å²) in [6.45, 7) is 27.2. The third-order valence-electron chi connectivity index (χ3n) is 11.5. The van der Waals surface area contributed by atoms with Crippen LogP contribution in [0.15, 0.2) is 72.8 Å². The van der Waals surface area contributed by atoms with Gasteiger partial charge in [0.05, 0.1) is 12.2 Å². The van der Waals surface area contributed by atoms with Gasteiger partial charge in [0, 0.05) is 25.7 Å². The number of carbonyl (C=O) groups is 1. The van der Waals surface area contributed by atoms with E-state index < -0.39 is 5.97 Å². The number of carbonyl (C=O) groups excluding carboxylic acids is 1. The van der Waals surface area contributed by atoms with Crippen LogP contribution in [0.2, 0.25) is 0 Å². The first kappa shape index (κ1) is 45.7. The predicted molar refractivity (Wildman–Crippen MR) is 243 cm³/mol. The fourth-order valence-electron chi connectivity index (χ4n) is 7.49. The maximum Gasteiger partial charge on any atom is 0.338 e. The Kier molecular flexibility index (Phi) is 12.9. The molecule has 0 fully saturated rings. The maximum absolute atomic E-state index is 13.2. The van der Waals surface area contributed by atoms with E-state index in [2.05, 4.69) is 83.1 Å². The molecule has 0 aliphatic carbocycles. The summed E-state index contributed by atoms with van der Waals surface area (Å²) in [7, 11) is 0. The number of ether oxygens (including phenoxy) is 1. The SMILES string of the molecule is CCOC(=O)c1cc(Cc2cc(C(C)(C)C)ccc2O)c(O)c(Cc2cc(C(C)(C)C)cc(Cc3cc(C(C)(C)C)cc(Cc4cc(C(C)(C)C)ccc4O)c3O)c2O)c1. The molecule has 0 saturated carbocycles. The van der Waals surface area contributed by atoms with Gasteiger partial charge in [0.1, 0.15) is 28.7 Å². The Morgan fingerprint density at radius 3 is 0.967 bits per heavy atom. The maximum atomic E-state index is 13.2. The van der Waals surface area contributed by atoms with E-state index in [-0.39, 0.29) is 81.8 Å². The number of hydrogen-bond acceptors (Lipinski definition) is 7. The van der Waals surface area contributed by atoms with Crippen LogP contribution in [0.4, 0.5) is 0 Å². The average Bonchev–Trinajstić information content (AvgIpc) is 3.12. The molecule has 0 spiro atoms. The van der Waals surface area contributed by atoms with E-state index in [1.807, 2.05) is 48.5 Å². The highest BCUT2D eigenvalue weighted by Crippen LogP contribution is 2.41. The molecule has 0 aromatic heterocycles. The van der Waals surface area contributed by atoms with Crippen LogP contribution in [0, 0.1) is 0 Å². The molecule has 0 radical (unpaired) electrons. The van der Waals surface area contributed by atoms with Gasteiger partial charge in [0.25, 0.3) is 0 Å². The zero-order valence-electron chi connectivity index (χ0n) is 38.0. The van der Waals surface area contributed by atoms with Crippen LogP contribution in [0.1, 0.15) is 167 Å². The molecule has 0 heterocycles. The third-order valence-corrected chi connectivity index (χ3v) is 11.5. The smallest absolute Gasteiger partial charge is 0.338 e. The number of phenols is 5. The number of aromatic hydroxyl groups is 5. The number of esters is 1. The molecule has 0 aliphatic rings. The first-order valence-electron chi connectivity index (χ1n) is 21.0. The zero-order chi connectivity index (χ0) is 44.7. The van der Waals surface area contributed by atoms with E-state index in [1.165, 1.54) is 0 Å². The normalized spacial score (nSPS) is 12.5. The summed E-state index contributed by atoms with van der Waals surface area (Å²) in [5.41, 5.74) is 8.08. The lowest BCUT2D eigenvalue weighted by Gasteiger charge is -2.25. The van der Waals surface area contributed by atoms with E-state index in [0.717, 1.165) is 27.8 Å². The van der Waals surface area contributed by atoms with E-state index in [9.17, 15) is 30.3 Å². The van der Waals surface area contributed by atoms with Gasteiger partial charge in [0.2, 0.25) is 0 Å². The monoisotopic (exact) mass is 814 g/mol. The molecule has 5 N–H and O–H groups in total. The highest BCUT2D eigenvalue weighted by atomic mass is 16.5. The second-order valence-electron chi connectivity index (χ2n) is 20.5. The van der Waals surface area contributed by atoms with Crippen molar-refractivity contribution in [2.45, 2.75) is 137 Å². The van der Waals surface area contributed by atoms with Gasteiger partial charge in [-0.2, -0.15) is 0 Å². The fraction of sp³-hybridized carbons (Fsp3) is 0.415. The van der Waals surface area contributed by atoms with E-state index in [0.29, 0.717) is 45.4 Å². The average molecular weight is 815 g/mol. The Hall–Kier alpha value is -5.43. The standard InChI is InChI=1S/C53H66O7/c1-14-60-49(59)39-23-33(19-31-25-40(50(2,3)4)15-17-44(31)54)46(56)34(24-39)21-36-28-43(53(11,12)13)30-38(48(36)58)22-37-29-42(52(8,9)10)27-35(47(37)57)20-32-26-41(51(5,6)7)16-18-45(32)55/h15-18,23-30,54-58H,14,19-22H2,1-13H3. The van der Waals surface area contributed by atoms with Crippen molar-refractivity contribution in [3.63, 3.8) is 0 Å². The molecule has 320 valence electrons. The summed E-state index contributed by atoms with van der Waals surface area (Å²) in [6, 6.07) is 22.3. The first-order chi connectivity index (χ1) is 27.7. The zero-order valence-corrected chi connectivity index (χ0v) is 38.0. The summed E-state index contributed by atoms with van der Waals surface area (Å²) in [6.07, 6.45) is 0.772. The molecule has 0 atom stereocenters. The third kappa shape index (κ3) is 10.5. The summed E-state index contributed by atoms with van der Waals surface area (Å²) in [4.78, 5) is 13.2. The molecule has 5 aromatic carbocycles. The minimum atomic E-state index is -0.538. The van der Waals surface area contributed by atoms with Crippen LogP contribution >= 0.6 is 0 Å². The van der Waals surface area contributed by atoms with Crippen molar-refractivity contribution < 1.29 is 35.1 Å². The number of benzene rings is 5. The Labute approximate surface area is 357 Å². The number of hydrogen-bond donors (Lipinski definition) is 5. The van der Waals surface area contributed by atoms with Crippen molar-refractivity contribution >= 4 is 5.97 Å². The minimum absolute atomic E-state index is 0.0265. The van der Waals surface area contributed by atoms with Gasteiger partial charge in [0.15, 0.2) is 0 Å². The molecule has 0 amide bonds. The molecule has 7 nitrogen and oxygen atoms in total. The van der Waals surface area contributed by atoms with Gasteiger partial charge in [-0.05, 0) is 120 Å². The lowest BCUT2D eigenvalue weighted by Crippen LogP contribution is -2.14.